The van der Waals surface area contributed by atoms with Crippen LogP contribution in [0.2, 0.25) is 0 Å². The normalized spacial score (nSPS) is 10.7. The van der Waals surface area contributed by atoms with Crippen LogP contribution in [-0.2, 0) is 13.1 Å². The first-order valence-electron chi connectivity index (χ1n) is 6.98. The van der Waals surface area contributed by atoms with E-state index in [9.17, 15) is 4.79 Å². The Morgan fingerprint density at radius 3 is 2.33 bits per heavy atom. The zero-order valence-corrected chi connectivity index (χ0v) is 12.8. The van der Waals surface area contributed by atoms with Gasteiger partial charge in [0.2, 0.25) is 0 Å². The van der Waals surface area contributed by atoms with Gasteiger partial charge in [-0.25, -0.2) is 0 Å². The molecule has 0 radical (unpaired) electrons. The highest BCUT2D eigenvalue weighted by molar-refractivity contribution is 5.93. The van der Waals surface area contributed by atoms with Crippen molar-refractivity contribution in [2.45, 2.75) is 20.0 Å². The van der Waals surface area contributed by atoms with Crippen LogP contribution >= 0.6 is 0 Å². The number of amides is 1. The molecule has 0 aliphatic heterocycles. The first kappa shape index (κ1) is 15.2. The molecule has 4 heteroatoms. The van der Waals surface area contributed by atoms with Crippen molar-refractivity contribution in [1.82, 2.24) is 15.2 Å². The molecule has 1 N–H and O–H groups in total. The summed E-state index contributed by atoms with van der Waals surface area (Å²) in [6.45, 7) is 3.34. The van der Waals surface area contributed by atoms with Crippen LogP contribution in [0.25, 0.3) is 0 Å². The maximum atomic E-state index is 12.0. The van der Waals surface area contributed by atoms with E-state index in [1.54, 1.807) is 12.3 Å². The Kier molecular flexibility index (Phi) is 5.06. The topological polar surface area (TPSA) is 45.2 Å². The second kappa shape index (κ2) is 6.99. The predicted molar refractivity (Wildman–Crippen MR) is 84.0 cm³/mol. The maximum absolute atomic E-state index is 12.0. The molecule has 110 valence electrons. The average molecular weight is 283 g/mol. The molecule has 0 aliphatic rings. The Bertz CT molecular complexity index is 588. The third-order valence-corrected chi connectivity index (χ3v) is 3.15. The molecule has 1 aromatic carbocycles. The molecule has 0 aliphatic carbocycles. The summed E-state index contributed by atoms with van der Waals surface area (Å²) in [4.78, 5) is 18.2. The van der Waals surface area contributed by atoms with Gasteiger partial charge >= 0.3 is 0 Å². The first-order chi connectivity index (χ1) is 10.0. The molecule has 2 aromatic rings. The van der Waals surface area contributed by atoms with Crippen LogP contribution in [0.5, 0.6) is 0 Å². The lowest BCUT2D eigenvalue weighted by atomic mass is 10.1. The molecule has 0 bridgehead atoms. The Morgan fingerprint density at radius 1 is 1.10 bits per heavy atom. The van der Waals surface area contributed by atoms with Crippen molar-refractivity contribution in [2.75, 3.05) is 14.1 Å². The maximum Gasteiger partial charge on any atom is 0.253 e. The monoisotopic (exact) mass is 283 g/mol. The third-order valence-electron chi connectivity index (χ3n) is 3.15. The van der Waals surface area contributed by atoms with E-state index in [4.69, 9.17) is 0 Å². The number of hydrogen-bond donors (Lipinski definition) is 1. The van der Waals surface area contributed by atoms with Gasteiger partial charge in [-0.05, 0) is 44.3 Å². The summed E-state index contributed by atoms with van der Waals surface area (Å²) in [5.74, 6) is -0.0973. The minimum Gasteiger partial charge on any atom is -0.348 e. The van der Waals surface area contributed by atoms with Gasteiger partial charge in [-0.2, -0.15) is 0 Å². The smallest absolute Gasteiger partial charge is 0.253 e. The van der Waals surface area contributed by atoms with E-state index >= 15 is 0 Å². The van der Waals surface area contributed by atoms with E-state index in [0.717, 1.165) is 17.8 Å². The number of hydrogen-bond acceptors (Lipinski definition) is 3. The summed E-state index contributed by atoms with van der Waals surface area (Å²) < 4.78 is 0. The van der Waals surface area contributed by atoms with Crippen molar-refractivity contribution < 1.29 is 4.79 Å². The molecular formula is C17H21N3O. The highest BCUT2D eigenvalue weighted by Crippen LogP contribution is 2.06. The summed E-state index contributed by atoms with van der Waals surface area (Å²) in [6.07, 6.45) is 1.60. The van der Waals surface area contributed by atoms with Gasteiger partial charge < -0.3 is 10.2 Å². The van der Waals surface area contributed by atoms with Gasteiger partial charge in [0, 0.05) is 25.0 Å². The quantitative estimate of drug-likeness (QED) is 0.916. The molecular weight excluding hydrogens is 262 g/mol. The number of rotatable bonds is 5. The summed E-state index contributed by atoms with van der Waals surface area (Å²) in [5.41, 5.74) is 3.84. The zero-order chi connectivity index (χ0) is 15.2. The molecule has 0 spiro atoms. The summed E-state index contributed by atoms with van der Waals surface area (Å²) >= 11 is 0. The van der Waals surface area contributed by atoms with Crippen molar-refractivity contribution in [2.24, 2.45) is 0 Å². The number of carbonyl (C=O) groups is 1. The second-order valence-electron chi connectivity index (χ2n) is 5.43. The number of nitrogens with zero attached hydrogens (tertiary/aromatic N) is 2. The standard InChI is InChI=1S/C17H21N3O/c1-13-4-9-16(11-18-13)17(21)19-10-14-5-7-15(8-6-14)12-20(2)3/h4-9,11H,10,12H2,1-3H3,(H,19,21). The van der Waals surface area contributed by atoms with Crippen molar-refractivity contribution in [3.05, 3.63) is 65.0 Å². The lowest BCUT2D eigenvalue weighted by Gasteiger charge is -2.10. The third kappa shape index (κ3) is 4.68. The Labute approximate surface area is 125 Å². The Morgan fingerprint density at radius 2 is 1.76 bits per heavy atom. The van der Waals surface area contributed by atoms with Crippen LogP contribution in [0.4, 0.5) is 0 Å². The number of aryl methyl sites for hydroxylation is 1. The fourth-order valence-electron chi connectivity index (χ4n) is 2.01. The molecule has 0 fully saturated rings. The number of pyridine rings is 1. The van der Waals surface area contributed by atoms with E-state index in [2.05, 4.69) is 27.3 Å². The molecule has 0 saturated carbocycles. The molecule has 0 unspecified atom stereocenters. The predicted octanol–water partition coefficient (Wildman–Crippen LogP) is 2.38. The van der Waals surface area contributed by atoms with Gasteiger partial charge in [-0.1, -0.05) is 24.3 Å². The minimum atomic E-state index is -0.0973. The van der Waals surface area contributed by atoms with Gasteiger partial charge in [0.15, 0.2) is 0 Å². The van der Waals surface area contributed by atoms with E-state index in [1.165, 1.54) is 5.56 Å². The van der Waals surface area contributed by atoms with E-state index in [0.29, 0.717) is 12.1 Å². The lowest BCUT2D eigenvalue weighted by Crippen LogP contribution is -2.23. The number of benzene rings is 1. The number of carbonyl (C=O) groups excluding carboxylic acids is 1. The molecule has 1 heterocycles. The van der Waals surface area contributed by atoms with Crippen LogP contribution in [0.1, 0.15) is 27.2 Å². The van der Waals surface area contributed by atoms with Crippen LogP contribution in [0.15, 0.2) is 42.6 Å². The van der Waals surface area contributed by atoms with Crippen molar-refractivity contribution >= 4 is 5.91 Å². The molecule has 4 nitrogen and oxygen atoms in total. The molecule has 1 aromatic heterocycles. The summed E-state index contributed by atoms with van der Waals surface area (Å²) in [7, 11) is 4.09. The number of nitrogens with one attached hydrogen (secondary N) is 1. The highest BCUT2D eigenvalue weighted by atomic mass is 16.1. The SMILES string of the molecule is Cc1ccc(C(=O)NCc2ccc(CN(C)C)cc2)cn1. The van der Waals surface area contributed by atoms with E-state index < -0.39 is 0 Å². The van der Waals surface area contributed by atoms with Crippen LogP contribution in [0, 0.1) is 6.92 Å². The van der Waals surface area contributed by atoms with Crippen LogP contribution in [0.3, 0.4) is 0 Å². The summed E-state index contributed by atoms with van der Waals surface area (Å²) in [5, 5.41) is 2.91. The van der Waals surface area contributed by atoms with Crippen molar-refractivity contribution in [1.29, 1.82) is 0 Å². The van der Waals surface area contributed by atoms with E-state index in [1.807, 2.05) is 39.2 Å². The zero-order valence-electron chi connectivity index (χ0n) is 12.8. The minimum absolute atomic E-state index is 0.0973. The van der Waals surface area contributed by atoms with E-state index in [-0.39, 0.29) is 5.91 Å². The Hall–Kier alpha value is -2.20. The van der Waals surface area contributed by atoms with Crippen molar-refractivity contribution in [3.63, 3.8) is 0 Å². The van der Waals surface area contributed by atoms with Gasteiger partial charge in [0.05, 0.1) is 5.56 Å². The molecule has 1 amide bonds. The molecule has 21 heavy (non-hydrogen) atoms. The molecule has 2 rings (SSSR count). The fourth-order valence-corrected chi connectivity index (χ4v) is 2.01. The second-order valence-corrected chi connectivity index (χ2v) is 5.43. The first-order valence-corrected chi connectivity index (χ1v) is 6.98. The van der Waals surface area contributed by atoms with Crippen LogP contribution in [-0.4, -0.2) is 29.9 Å². The molecule has 0 atom stereocenters. The van der Waals surface area contributed by atoms with Gasteiger partial charge in [0.25, 0.3) is 5.91 Å². The van der Waals surface area contributed by atoms with Gasteiger partial charge in [-0.3, -0.25) is 9.78 Å². The lowest BCUT2D eigenvalue weighted by molar-refractivity contribution is 0.0950. The van der Waals surface area contributed by atoms with Gasteiger partial charge in [-0.15, -0.1) is 0 Å². The average Bonchev–Trinajstić information content (AvgIpc) is 2.46. The van der Waals surface area contributed by atoms with Gasteiger partial charge in [0.1, 0.15) is 0 Å². The van der Waals surface area contributed by atoms with Crippen LogP contribution < -0.4 is 5.32 Å². The largest absolute Gasteiger partial charge is 0.348 e. The fraction of sp³-hybridized carbons (Fsp3) is 0.294. The van der Waals surface area contributed by atoms with Crippen molar-refractivity contribution in [3.8, 4) is 0 Å². The number of aromatic nitrogens is 1. The summed E-state index contributed by atoms with van der Waals surface area (Å²) in [6, 6.07) is 11.9. The molecule has 0 saturated heterocycles. The highest BCUT2D eigenvalue weighted by Gasteiger charge is 2.05. The Balaban J connectivity index is 1.90.